The molecule has 0 saturated carbocycles. The van der Waals surface area contributed by atoms with Crippen LogP contribution in [0.15, 0.2) is 50.7 Å². The fourth-order valence-electron chi connectivity index (χ4n) is 2.20. The normalized spacial score (nSPS) is 15.4. The molecule has 162 valence electrons. The van der Waals surface area contributed by atoms with Crippen LogP contribution in [-0.2, 0) is 20.0 Å². The van der Waals surface area contributed by atoms with Crippen molar-refractivity contribution in [2.75, 3.05) is 16.6 Å². The number of nitrogens with zero attached hydrogens (tertiary/aromatic N) is 2. The van der Waals surface area contributed by atoms with Crippen LogP contribution in [-0.4, -0.2) is 47.1 Å². The Labute approximate surface area is 167 Å². The molecule has 0 aliphatic carbocycles. The summed E-state index contributed by atoms with van der Waals surface area (Å²) in [5, 5.41) is 2.57. The maximum atomic E-state index is 12.8. The molecular weight excluding hydrogens is 456 g/mol. The SMILES string of the molecule is O=S1(=O)N=CNc2ccc(S(=O)(=O)Nc3ccc(OCC(F)(F)C(F)F)nc3)cc21. The first-order valence-electron chi connectivity index (χ1n) is 7.88. The van der Waals surface area contributed by atoms with Gasteiger partial charge in [0, 0.05) is 6.07 Å². The van der Waals surface area contributed by atoms with Crippen molar-refractivity contribution in [2.45, 2.75) is 22.1 Å². The number of pyridine rings is 1. The highest BCUT2D eigenvalue weighted by atomic mass is 32.2. The summed E-state index contributed by atoms with van der Waals surface area (Å²) in [5.74, 6) is -4.80. The summed E-state index contributed by atoms with van der Waals surface area (Å²) >= 11 is 0. The quantitative estimate of drug-likeness (QED) is 0.597. The Hall–Kier alpha value is -2.94. The third-order valence-corrected chi connectivity index (χ3v) is 6.33. The van der Waals surface area contributed by atoms with Gasteiger partial charge in [-0.25, -0.2) is 22.2 Å². The smallest absolute Gasteiger partial charge is 0.340 e. The van der Waals surface area contributed by atoms with E-state index in [1.165, 1.54) is 6.07 Å². The first-order chi connectivity index (χ1) is 13.9. The fourth-order valence-corrected chi connectivity index (χ4v) is 4.33. The zero-order chi connectivity index (χ0) is 22.2. The van der Waals surface area contributed by atoms with Crippen LogP contribution in [0.2, 0.25) is 0 Å². The highest BCUT2D eigenvalue weighted by Gasteiger charge is 2.41. The van der Waals surface area contributed by atoms with E-state index in [1.807, 2.05) is 0 Å². The molecule has 15 heteroatoms. The number of rotatable bonds is 7. The Balaban J connectivity index is 1.75. The number of hydrogen-bond donors (Lipinski definition) is 2. The molecule has 0 unspecified atom stereocenters. The molecule has 1 aliphatic heterocycles. The van der Waals surface area contributed by atoms with E-state index >= 15 is 0 Å². The monoisotopic (exact) mass is 468 g/mol. The molecule has 0 atom stereocenters. The maximum Gasteiger partial charge on any atom is 0.340 e. The van der Waals surface area contributed by atoms with Crippen LogP contribution in [0.3, 0.4) is 0 Å². The van der Waals surface area contributed by atoms with Gasteiger partial charge in [-0.05, 0) is 24.3 Å². The Morgan fingerprint density at radius 3 is 2.57 bits per heavy atom. The lowest BCUT2D eigenvalue weighted by molar-refractivity contribution is -0.148. The van der Waals surface area contributed by atoms with Gasteiger partial charge in [0.25, 0.3) is 20.0 Å². The van der Waals surface area contributed by atoms with Gasteiger partial charge in [-0.3, -0.25) is 4.72 Å². The van der Waals surface area contributed by atoms with Gasteiger partial charge >= 0.3 is 12.3 Å². The number of hydrogen-bond acceptors (Lipinski definition) is 7. The minimum Gasteiger partial charge on any atom is -0.471 e. The number of nitrogens with one attached hydrogen (secondary N) is 2. The lowest BCUT2D eigenvalue weighted by atomic mass is 10.3. The van der Waals surface area contributed by atoms with E-state index in [-0.39, 0.29) is 21.2 Å². The molecule has 0 radical (unpaired) electrons. The van der Waals surface area contributed by atoms with E-state index in [1.54, 1.807) is 0 Å². The Kier molecular flexibility index (Phi) is 5.60. The Morgan fingerprint density at radius 2 is 1.93 bits per heavy atom. The number of alkyl halides is 4. The van der Waals surface area contributed by atoms with Gasteiger partial charge in [0.2, 0.25) is 5.88 Å². The fraction of sp³-hybridized carbons (Fsp3) is 0.200. The van der Waals surface area contributed by atoms with Crippen molar-refractivity contribution < 1.29 is 39.1 Å². The number of benzene rings is 1. The molecule has 1 aromatic carbocycles. The third kappa shape index (κ3) is 4.62. The van der Waals surface area contributed by atoms with E-state index in [0.717, 1.165) is 36.8 Å². The lowest BCUT2D eigenvalue weighted by Crippen LogP contribution is -2.33. The van der Waals surface area contributed by atoms with Gasteiger partial charge in [-0.2, -0.15) is 17.2 Å². The van der Waals surface area contributed by atoms with Crippen LogP contribution < -0.4 is 14.8 Å². The second-order valence-electron chi connectivity index (χ2n) is 5.85. The van der Waals surface area contributed by atoms with Crippen molar-refractivity contribution in [1.82, 2.24) is 4.98 Å². The molecular formula is C15H12F4N4O5S2. The molecule has 0 amide bonds. The zero-order valence-electron chi connectivity index (χ0n) is 14.6. The highest BCUT2D eigenvalue weighted by molar-refractivity contribution is 7.93. The molecule has 2 heterocycles. The number of anilines is 2. The van der Waals surface area contributed by atoms with E-state index in [4.69, 9.17) is 0 Å². The van der Waals surface area contributed by atoms with E-state index in [9.17, 15) is 34.4 Å². The number of halogens is 4. The van der Waals surface area contributed by atoms with Crippen molar-refractivity contribution in [3.63, 3.8) is 0 Å². The predicted molar refractivity (Wildman–Crippen MR) is 97.2 cm³/mol. The van der Waals surface area contributed by atoms with Crippen LogP contribution in [0.5, 0.6) is 5.88 Å². The largest absolute Gasteiger partial charge is 0.471 e. The van der Waals surface area contributed by atoms with Gasteiger partial charge in [-0.1, -0.05) is 0 Å². The van der Waals surface area contributed by atoms with Crippen molar-refractivity contribution in [3.05, 3.63) is 36.5 Å². The summed E-state index contributed by atoms with van der Waals surface area (Å²) in [6, 6.07) is 5.40. The van der Waals surface area contributed by atoms with Crippen LogP contribution >= 0.6 is 0 Å². The van der Waals surface area contributed by atoms with Gasteiger partial charge < -0.3 is 10.1 Å². The van der Waals surface area contributed by atoms with E-state index in [2.05, 4.69) is 24.2 Å². The summed E-state index contributed by atoms with van der Waals surface area (Å²) in [7, 11) is -8.31. The zero-order valence-corrected chi connectivity index (χ0v) is 16.2. The minimum atomic E-state index is -4.37. The standard InChI is InChI=1S/C15H12F4N4O5S2/c16-14(17)15(18,19)7-28-13-4-1-9(6-20-13)23-29(24,25)10-2-3-11-12(5-10)30(26,27)22-8-21-11/h1-6,8,14,23H,7H2,(H,21,22). The summed E-state index contributed by atoms with van der Waals surface area (Å²) in [6.45, 7) is -1.61. The lowest BCUT2D eigenvalue weighted by Gasteiger charge is -2.16. The number of aromatic nitrogens is 1. The predicted octanol–water partition coefficient (Wildman–Crippen LogP) is 2.30. The first-order valence-corrected chi connectivity index (χ1v) is 10.8. The van der Waals surface area contributed by atoms with Crippen LogP contribution in [0.4, 0.5) is 28.9 Å². The third-order valence-electron chi connectivity index (χ3n) is 3.67. The summed E-state index contributed by atoms with van der Waals surface area (Å²) in [4.78, 5) is 2.83. The van der Waals surface area contributed by atoms with Gasteiger partial charge in [-0.15, -0.1) is 4.40 Å². The minimum absolute atomic E-state index is 0.111. The topological polar surface area (TPSA) is 127 Å². The maximum absolute atomic E-state index is 12.8. The summed E-state index contributed by atoms with van der Waals surface area (Å²) < 4.78 is 109. The number of sulfonamides is 2. The van der Waals surface area contributed by atoms with Crippen molar-refractivity contribution in [2.24, 2.45) is 4.40 Å². The summed E-state index contributed by atoms with van der Waals surface area (Å²) in [6.07, 6.45) is -2.05. The first kappa shape index (κ1) is 21.8. The highest BCUT2D eigenvalue weighted by Crippen LogP contribution is 2.29. The molecule has 3 rings (SSSR count). The molecule has 9 nitrogen and oxygen atoms in total. The van der Waals surface area contributed by atoms with Gasteiger partial charge in [0.05, 0.1) is 22.5 Å². The van der Waals surface area contributed by atoms with Gasteiger partial charge in [0.15, 0.2) is 6.61 Å². The van der Waals surface area contributed by atoms with Crippen molar-refractivity contribution in [1.29, 1.82) is 0 Å². The molecule has 0 bridgehead atoms. The second kappa shape index (κ2) is 7.71. The molecule has 2 N–H and O–H groups in total. The van der Waals surface area contributed by atoms with Gasteiger partial charge in [0.1, 0.15) is 11.2 Å². The van der Waals surface area contributed by atoms with Crippen LogP contribution in [0.25, 0.3) is 0 Å². The van der Waals surface area contributed by atoms with Crippen molar-refractivity contribution >= 4 is 37.8 Å². The number of ether oxygens (including phenoxy) is 1. The molecule has 2 aromatic rings. The molecule has 0 fully saturated rings. The average molecular weight is 468 g/mol. The molecule has 1 aromatic heterocycles. The molecule has 30 heavy (non-hydrogen) atoms. The average Bonchev–Trinajstić information content (AvgIpc) is 2.67. The van der Waals surface area contributed by atoms with Crippen LogP contribution in [0, 0.1) is 0 Å². The number of fused-ring (bicyclic) bond motifs is 1. The van der Waals surface area contributed by atoms with Crippen molar-refractivity contribution in [3.8, 4) is 5.88 Å². The summed E-state index contributed by atoms with van der Waals surface area (Å²) in [5.41, 5.74) is 0.0346. The van der Waals surface area contributed by atoms with Crippen LogP contribution in [0.1, 0.15) is 0 Å². The Bertz CT molecular complexity index is 1190. The molecule has 0 saturated heterocycles. The van der Waals surface area contributed by atoms with E-state index in [0.29, 0.717) is 0 Å². The second-order valence-corrected chi connectivity index (χ2v) is 9.14. The molecule has 0 spiro atoms. The Morgan fingerprint density at radius 1 is 1.20 bits per heavy atom. The molecule has 1 aliphatic rings. The van der Waals surface area contributed by atoms with E-state index < -0.39 is 44.9 Å².